The number of rotatable bonds is 10. The average Bonchev–Trinajstić information content (AvgIpc) is 3.34. The molecule has 1 aliphatic carbocycles. The van der Waals surface area contributed by atoms with Gasteiger partial charge in [0.25, 0.3) is 0 Å². The van der Waals surface area contributed by atoms with E-state index in [1.807, 2.05) is 26.0 Å². The summed E-state index contributed by atoms with van der Waals surface area (Å²) < 4.78 is 7.08. The lowest BCUT2D eigenvalue weighted by Gasteiger charge is -2.32. The largest absolute Gasteiger partial charge is 0.462 e. The Labute approximate surface area is 239 Å². The van der Waals surface area contributed by atoms with E-state index in [0.717, 1.165) is 44.2 Å². The van der Waals surface area contributed by atoms with Gasteiger partial charge in [-0.05, 0) is 93.9 Å². The maximum atomic E-state index is 13.8. The number of aromatic nitrogens is 2. The number of carbonyl (C=O) groups excluding carboxylic acids is 2. The van der Waals surface area contributed by atoms with Gasteiger partial charge in [0.2, 0.25) is 5.91 Å². The molecule has 6 nitrogen and oxygen atoms in total. The third-order valence-electron chi connectivity index (χ3n) is 7.95. The fraction of sp³-hybridized carbons (Fsp3) is 0.500. The molecule has 2 aromatic carbocycles. The summed E-state index contributed by atoms with van der Waals surface area (Å²) in [6.45, 7) is 12.8. The summed E-state index contributed by atoms with van der Waals surface area (Å²) in [6, 6.07) is 18.8. The molecule has 0 unspecified atom stereocenters. The Hall–Kier alpha value is -3.41. The van der Waals surface area contributed by atoms with Crippen LogP contribution in [0.5, 0.6) is 0 Å². The van der Waals surface area contributed by atoms with Gasteiger partial charge in [-0.15, -0.1) is 5.10 Å². The third-order valence-corrected chi connectivity index (χ3v) is 7.95. The molecule has 4 rings (SSSR count). The molecule has 0 spiro atoms. The number of benzene rings is 2. The Morgan fingerprint density at radius 2 is 1.57 bits per heavy atom. The van der Waals surface area contributed by atoms with Crippen molar-refractivity contribution >= 4 is 17.7 Å². The summed E-state index contributed by atoms with van der Waals surface area (Å²) in [5.41, 5.74) is 3.85. The summed E-state index contributed by atoms with van der Waals surface area (Å²) in [7, 11) is 0. The lowest BCUT2D eigenvalue weighted by Crippen LogP contribution is -2.43. The Bertz CT molecular complexity index is 1270. The lowest BCUT2D eigenvalue weighted by molar-refractivity contribution is -0.124. The van der Waals surface area contributed by atoms with E-state index >= 15 is 0 Å². The first-order valence-corrected chi connectivity index (χ1v) is 14.8. The van der Waals surface area contributed by atoms with Gasteiger partial charge in [0.15, 0.2) is 5.82 Å². The van der Waals surface area contributed by atoms with Crippen LogP contribution in [0.2, 0.25) is 0 Å². The zero-order valence-electron chi connectivity index (χ0n) is 25.0. The van der Waals surface area contributed by atoms with Crippen LogP contribution in [0.25, 0.3) is 5.69 Å². The zero-order valence-corrected chi connectivity index (χ0v) is 25.0. The highest BCUT2D eigenvalue weighted by atomic mass is 16.5. The molecular formula is C34H45N3O3. The number of nitrogens with zero attached hydrogens (tertiary/aromatic N) is 3. The average molecular weight is 544 g/mol. The molecule has 0 radical (unpaired) electrons. The van der Waals surface area contributed by atoms with Crippen molar-refractivity contribution < 1.29 is 14.3 Å². The van der Waals surface area contributed by atoms with E-state index in [9.17, 15) is 9.59 Å². The van der Waals surface area contributed by atoms with Crippen molar-refractivity contribution in [1.29, 1.82) is 0 Å². The van der Waals surface area contributed by atoms with Crippen LogP contribution in [0.1, 0.15) is 88.7 Å². The number of hydrogen-bond donors (Lipinski definition) is 0. The summed E-state index contributed by atoms with van der Waals surface area (Å²) >= 11 is 0. The van der Waals surface area contributed by atoms with Gasteiger partial charge in [-0.25, -0.2) is 9.48 Å². The lowest BCUT2D eigenvalue weighted by atomic mass is 9.80. The number of ether oxygens (including phenoxy) is 1. The Balaban J connectivity index is 1.59. The van der Waals surface area contributed by atoms with Crippen molar-refractivity contribution in [3.63, 3.8) is 0 Å². The van der Waals surface area contributed by atoms with Crippen LogP contribution in [0.3, 0.4) is 0 Å². The van der Waals surface area contributed by atoms with Crippen molar-refractivity contribution in [2.45, 2.75) is 86.1 Å². The van der Waals surface area contributed by atoms with Gasteiger partial charge in [0.1, 0.15) is 5.56 Å². The minimum Gasteiger partial charge on any atom is -0.462 e. The Morgan fingerprint density at radius 3 is 2.15 bits per heavy atom. The maximum Gasteiger partial charge on any atom is 0.343 e. The molecule has 1 amide bonds. The molecule has 40 heavy (non-hydrogen) atoms. The van der Waals surface area contributed by atoms with E-state index in [1.54, 1.807) is 22.7 Å². The molecule has 6 heteroatoms. The Kier molecular flexibility index (Phi) is 9.49. The predicted octanol–water partition coefficient (Wildman–Crippen LogP) is 7.43. The zero-order chi connectivity index (χ0) is 28.9. The second kappa shape index (κ2) is 12.8. The number of amides is 1. The third kappa shape index (κ3) is 7.21. The second-order valence-corrected chi connectivity index (χ2v) is 12.5. The molecule has 0 N–H and O–H groups in total. The SMILES string of the molecule is CCOC(=O)c1cn(-c2ccc(CC(C)(C)Cc3ccccc3)cc2)nc1N(C(=O)C1CCC(C)CC1)C(C)C. The molecule has 0 bridgehead atoms. The molecule has 0 saturated heterocycles. The molecule has 0 aliphatic heterocycles. The van der Waals surface area contributed by atoms with E-state index in [1.165, 1.54) is 11.1 Å². The van der Waals surface area contributed by atoms with Crippen molar-refractivity contribution in [2.24, 2.45) is 17.3 Å². The minimum absolute atomic E-state index is 0.0441. The standard InChI is InChI=1S/C34H45N3O3/c1-7-40-33(39)30-23-36(35-31(30)37(24(2)3)32(38)28-17-13-25(4)14-18-28)29-19-15-27(16-20-29)22-34(5,6)21-26-11-9-8-10-12-26/h8-12,15-16,19-20,23-25,28H,7,13-14,17-18,21-22H2,1-6H3. The summed E-state index contributed by atoms with van der Waals surface area (Å²) in [5.74, 6) is 0.577. The summed E-state index contributed by atoms with van der Waals surface area (Å²) in [4.78, 5) is 28.5. The first kappa shape index (κ1) is 29.6. The number of carbonyl (C=O) groups is 2. The van der Waals surface area contributed by atoms with E-state index in [2.05, 4.69) is 63.2 Å². The quantitative estimate of drug-likeness (QED) is 0.250. The van der Waals surface area contributed by atoms with E-state index in [-0.39, 0.29) is 29.9 Å². The fourth-order valence-electron chi connectivity index (χ4n) is 5.87. The van der Waals surface area contributed by atoms with Crippen molar-refractivity contribution in [2.75, 3.05) is 11.5 Å². The van der Waals surface area contributed by atoms with Gasteiger partial charge in [0.05, 0.1) is 12.3 Å². The van der Waals surface area contributed by atoms with Crippen LogP contribution >= 0.6 is 0 Å². The fourth-order valence-corrected chi connectivity index (χ4v) is 5.87. The number of esters is 1. The number of anilines is 1. The van der Waals surface area contributed by atoms with Crippen LogP contribution < -0.4 is 4.90 Å². The van der Waals surface area contributed by atoms with Crippen molar-refractivity contribution in [1.82, 2.24) is 9.78 Å². The van der Waals surface area contributed by atoms with Crippen molar-refractivity contribution in [3.05, 3.63) is 77.5 Å². The second-order valence-electron chi connectivity index (χ2n) is 12.5. The molecule has 1 aliphatic rings. The molecule has 1 aromatic heterocycles. The van der Waals surface area contributed by atoms with Crippen LogP contribution in [-0.2, 0) is 22.4 Å². The van der Waals surface area contributed by atoms with Gasteiger partial charge < -0.3 is 4.74 Å². The monoisotopic (exact) mass is 543 g/mol. The Morgan fingerprint density at radius 1 is 0.975 bits per heavy atom. The molecule has 0 atom stereocenters. The van der Waals surface area contributed by atoms with Gasteiger partial charge in [-0.3, -0.25) is 9.69 Å². The summed E-state index contributed by atoms with van der Waals surface area (Å²) in [6.07, 6.45) is 7.50. The van der Waals surface area contributed by atoms with Crippen LogP contribution in [0.4, 0.5) is 5.82 Å². The first-order chi connectivity index (χ1) is 19.1. The normalized spacial score (nSPS) is 17.6. The smallest absolute Gasteiger partial charge is 0.343 e. The van der Waals surface area contributed by atoms with Gasteiger partial charge in [-0.1, -0.05) is 63.2 Å². The maximum absolute atomic E-state index is 13.8. The molecule has 1 heterocycles. The van der Waals surface area contributed by atoms with E-state index in [0.29, 0.717) is 17.3 Å². The van der Waals surface area contributed by atoms with Gasteiger partial charge >= 0.3 is 5.97 Å². The van der Waals surface area contributed by atoms with Crippen molar-refractivity contribution in [3.8, 4) is 5.69 Å². The number of hydrogen-bond acceptors (Lipinski definition) is 4. The molecular weight excluding hydrogens is 498 g/mol. The predicted molar refractivity (Wildman–Crippen MR) is 161 cm³/mol. The highest BCUT2D eigenvalue weighted by molar-refractivity contribution is 6.02. The van der Waals surface area contributed by atoms with Crippen LogP contribution in [-0.4, -0.2) is 34.3 Å². The van der Waals surface area contributed by atoms with Crippen LogP contribution in [0, 0.1) is 17.3 Å². The topological polar surface area (TPSA) is 64.4 Å². The first-order valence-electron chi connectivity index (χ1n) is 14.8. The minimum atomic E-state index is -0.459. The molecule has 3 aromatic rings. The molecule has 214 valence electrons. The van der Waals surface area contributed by atoms with Crippen LogP contribution in [0.15, 0.2) is 60.8 Å². The van der Waals surface area contributed by atoms with Gasteiger partial charge in [-0.2, -0.15) is 0 Å². The van der Waals surface area contributed by atoms with E-state index in [4.69, 9.17) is 9.84 Å². The highest BCUT2D eigenvalue weighted by Crippen LogP contribution is 2.33. The summed E-state index contributed by atoms with van der Waals surface area (Å²) in [5, 5.41) is 4.82. The van der Waals surface area contributed by atoms with Gasteiger partial charge in [0, 0.05) is 18.2 Å². The highest BCUT2D eigenvalue weighted by Gasteiger charge is 2.34. The molecule has 1 saturated carbocycles. The van der Waals surface area contributed by atoms with E-state index < -0.39 is 5.97 Å². The molecule has 1 fully saturated rings.